The molecule has 0 saturated carbocycles. The Hall–Kier alpha value is -2.12. The van der Waals surface area contributed by atoms with Gasteiger partial charge in [0.1, 0.15) is 0 Å². The Labute approximate surface area is 118 Å². The summed E-state index contributed by atoms with van der Waals surface area (Å²) >= 11 is 0. The van der Waals surface area contributed by atoms with Gasteiger partial charge in [-0.15, -0.1) is 0 Å². The lowest BCUT2D eigenvalue weighted by atomic mass is 10.4. The molecule has 110 valence electrons. The fourth-order valence-corrected chi connectivity index (χ4v) is 1.79. The quantitative estimate of drug-likeness (QED) is 0.759. The number of piperazine rings is 1. The molecule has 1 aliphatic heterocycles. The lowest BCUT2D eigenvalue weighted by Crippen LogP contribution is -2.48. The first kappa shape index (κ1) is 14.3. The molecule has 0 atom stereocenters. The maximum absolute atomic E-state index is 11.4. The molecule has 0 aliphatic carbocycles. The zero-order chi connectivity index (χ0) is 14.4. The Morgan fingerprint density at radius 1 is 1.35 bits per heavy atom. The van der Waals surface area contributed by atoms with E-state index in [9.17, 15) is 4.79 Å². The summed E-state index contributed by atoms with van der Waals surface area (Å²) in [6.45, 7) is 6.75. The van der Waals surface area contributed by atoms with Crippen LogP contribution in [0, 0.1) is 0 Å². The fraction of sp³-hybridized carbons (Fsp3) is 0.667. The average Bonchev–Trinajstić information content (AvgIpc) is 2.45. The van der Waals surface area contributed by atoms with Crippen molar-refractivity contribution in [2.75, 3.05) is 43.0 Å². The van der Waals surface area contributed by atoms with Crippen molar-refractivity contribution in [1.29, 1.82) is 0 Å². The molecule has 0 bridgehead atoms. The molecule has 1 aliphatic rings. The van der Waals surface area contributed by atoms with Crippen molar-refractivity contribution in [1.82, 2.24) is 20.3 Å². The van der Waals surface area contributed by atoms with E-state index >= 15 is 0 Å². The molecule has 0 aromatic carbocycles. The molecule has 8 heteroatoms. The first-order chi connectivity index (χ1) is 9.72. The molecular weight excluding hydrogens is 260 g/mol. The molecule has 0 spiro atoms. The number of anilines is 2. The van der Waals surface area contributed by atoms with Crippen molar-refractivity contribution in [3.05, 3.63) is 0 Å². The van der Waals surface area contributed by atoms with Crippen molar-refractivity contribution in [2.24, 2.45) is 0 Å². The van der Waals surface area contributed by atoms with Crippen LogP contribution in [0.2, 0.25) is 0 Å². The first-order valence-corrected chi connectivity index (χ1v) is 6.87. The van der Waals surface area contributed by atoms with Gasteiger partial charge < -0.3 is 20.3 Å². The maximum atomic E-state index is 11.4. The van der Waals surface area contributed by atoms with Crippen LogP contribution in [0.5, 0.6) is 6.01 Å². The third-order valence-corrected chi connectivity index (χ3v) is 2.69. The van der Waals surface area contributed by atoms with Crippen molar-refractivity contribution >= 4 is 17.8 Å². The summed E-state index contributed by atoms with van der Waals surface area (Å²) in [7, 11) is 0. The highest BCUT2D eigenvalue weighted by Crippen LogP contribution is 2.15. The molecular formula is C12H20N6O2. The first-order valence-electron chi connectivity index (χ1n) is 6.87. The number of hydrogen-bond donors (Lipinski definition) is 2. The van der Waals surface area contributed by atoms with Crippen LogP contribution in [0.3, 0.4) is 0 Å². The summed E-state index contributed by atoms with van der Waals surface area (Å²) in [5.41, 5.74) is 0. The number of hydrogen-bond acceptors (Lipinski definition) is 7. The Morgan fingerprint density at radius 2 is 2.20 bits per heavy atom. The third-order valence-electron chi connectivity index (χ3n) is 2.69. The van der Waals surface area contributed by atoms with E-state index in [4.69, 9.17) is 4.74 Å². The number of aromatic nitrogens is 3. The largest absolute Gasteiger partial charge is 0.463 e. The van der Waals surface area contributed by atoms with E-state index in [2.05, 4.69) is 25.6 Å². The summed E-state index contributed by atoms with van der Waals surface area (Å²) in [5.74, 6) is 0.907. The summed E-state index contributed by atoms with van der Waals surface area (Å²) in [6.07, 6.45) is 0.879. The van der Waals surface area contributed by atoms with Crippen LogP contribution in [-0.2, 0) is 4.79 Å². The minimum absolute atomic E-state index is 0.0299. The molecule has 2 rings (SSSR count). The zero-order valence-corrected chi connectivity index (χ0v) is 11.8. The summed E-state index contributed by atoms with van der Waals surface area (Å²) in [6, 6.07) is 0.291. The van der Waals surface area contributed by atoms with Crippen molar-refractivity contribution in [2.45, 2.75) is 20.3 Å². The van der Waals surface area contributed by atoms with Gasteiger partial charge in [-0.1, -0.05) is 6.92 Å². The number of ether oxygens (including phenoxy) is 1. The predicted molar refractivity (Wildman–Crippen MR) is 75.0 cm³/mol. The Balaban J connectivity index is 2.20. The molecule has 0 unspecified atom stereocenters. The third kappa shape index (κ3) is 3.69. The minimum atomic E-state index is -0.0299. The number of amides is 1. The van der Waals surface area contributed by atoms with E-state index in [1.54, 1.807) is 0 Å². The van der Waals surface area contributed by atoms with Crippen LogP contribution in [-0.4, -0.2) is 53.6 Å². The lowest BCUT2D eigenvalue weighted by Gasteiger charge is -2.26. The van der Waals surface area contributed by atoms with E-state index in [0.29, 0.717) is 44.1 Å². The van der Waals surface area contributed by atoms with Gasteiger partial charge in [-0.05, 0) is 13.3 Å². The van der Waals surface area contributed by atoms with E-state index in [1.165, 1.54) is 0 Å². The SMILES string of the molecule is CCCOc1nc(NCC)nc(N2CCNC(=O)C2)n1. The lowest BCUT2D eigenvalue weighted by molar-refractivity contribution is -0.120. The van der Waals surface area contributed by atoms with E-state index < -0.39 is 0 Å². The molecule has 1 aromatic heterocycles. The van der Waals surface area contributed by atoms with Gasteiger partial charge in [-0.2, -0.15) is 15.0 Å². The second-order valence-corrected chi connectivity index (χ2v) is 4.39. The number of nitrogens with zero attached hydrogens (tertiary/aromatic N) is 4. The average molecular weight is 280 g/mol. The monoisotopic (exact) mass is 280 g/mol. The van der Waals surface area contributed by atoms with Gasteiger partial charge in [-0.25, -0.2) is 0 Å². The molecule has 1 amide bonds. The molecule has 2 N–H and O–H groups in total. The van der Waals surface area contributed by atoms with Crippen LogP contribution in [0.1, 0.15) is 20.3 Å². The predicted octanol–water partition coefficient (Wildman–Crippen LogP) is 0.0284. The highest BCUT2D eigenvalue weighted by atomic mass is 16.5. The molecule has 0 radical (unpaired) electrons. The number of carbonyl (C=O) groups excluding carboxylic acids is 1. The van der Waals surface area contributed by atoms with Crippen molar-refractivity contribution in [3.8, 4) is 6.01 Å². The van der Waals surface area contributed by atoms with Crippen LogP contribution in [0.15, 0.2) is 0 Å². The second kappa shape index (κ2) is 6.88. The Bertz CT molecular complexity index is 467. The summed E-state index contributed by atoms with van der Waals surface area (Å²) in [5, 5.41) is 5.82. The van der Waals surface area contributed by atoms with Crippen LogP contribution < -0.4 is 20.3 Å². The summed E-state index contributed by atoms with van der Waals surface area (Å²) < 4.78 is 5.47. The van der Waals surface area contributed by atoms with E-state index in [-0.39, 0.29) is 12.5 Å². The molecule has 1 aromatic rings. The maximum Gasteiger partial charge on any atom is 0.323 e. The standard InChI is InChI=1S/C12H20N6O2/c1-3-7-20-12-16-10(13-4-2)15-11(17-12)18-6-5-14-9(19)8-18/h3-8H2,1-2H3,(H,14,19)(H,13,15,16,17). The van der Waals surface area contributed by atoms with Crippen LogP contribution in [0.4, 0.5) is 11.9 Å². The molecule has 1 fully saturated rings. The van der Waals surface area contributed by atoms with Crippen LogP contribution >= 0.6 is 0 Å². The van der Waals surface area contributed by atoms with Gasteiger partial charge in [-0.3, -0.25) is 4.79 Å². The number of carbonyl (C=O) groups is 1. The fourth-order valence-electron chi connectivity index (χ4n) is 1.79. The van der Waals surface area contributed by atoms with E-state index in [1.807, 2.05) is 18.7 Å². The molecule has 8 nitrogen and oxygen atoms in total. The minimum Gasteiger partial charge on any atom is -0.463 e. The van der Waals surface area contributed by atoms with Crippen molar-refractivity contribution in [3.63, 3.8) is 0 Å². The van der Waals surface area contributed by atoms with E-state index in [0.717, 1.165) is 6.42 Å². The topological polar surface area (TPSA) is 92.3 Å². The highest BCUT2D eigenvalue weighted by molar-refractivity contribution is 5.81. The van der Waals surface area contributed by atoms with Gasteiger partial charge in [0, 0.05) is 19.6 Å². The normalized spacial score (nSPS) is 14.9. The molecule has 1 saturated heterocycles. The summed E-state index contributed by atoms with van der Waals surface area (Å²) in [4.78, 5) is 26.0. The van der Waals surface area contributed by atoms with Gasteiger partial charge in [0.15, 0.2) is 0 Å². The molecule has 20 heavy (non-hydrogen) atoms. The van der Waals surface area contributed by atoms with Gasteiger partial charge >= 0.3 is 6.01 Å². The Morgan fingerprint density at radius 3 is 2.90 bits per heavy atom. The second-order valence-electron chi connectivity index (χ2n) is 4.39. The Kier molecular flexibility index (Phi) is 4.91. The molecule has 2 heterocycles. The zero-order valence-electron chi connectivity index (χ0n) is 11.8. The highest BCUT2D eigenvalue weighted by Gasteiger charge is 2.20. The van der Waals surface area contributed by atoms with Gasteiger partial charge in [0.25, 0.3) is 0 Å². The van der Waals surface area contributed by atoms with Crippen LogP contribution in [0.25, 0.3) is 0 Å². The number of rotatable bonds is 6. The van der Waals surface area contributed by atoms with Gasteiger partial charge in [0.05, 0.1) is 13.2 Å². The smallest absolute Gasteiger partial charge is 0.323 e. The van der Waals surface area contributed by atoms with Crippen molar-refractivity contribution < 1.29 is 9.53 Å². The van der Waals surface area contributed by atoms with Gasteiger partial charge in [0.2, 0.25) is 17.8 Å². The number of nitrogens with one attached hydrogen (secondary N) is 2.